The van der Waals surface area contributed by atoms with Crippen LogP contribution in [0.3, 0.4) is 0 Å². The fraction of sp³-hybridized carbons (Fsp3) is 0.143. The molecule has 0 spiro atoms. The predicted molar refractivity (Wildman–Crippen MR) is 69.4 cm³/mol. The molecule has 0 bridgehead atoms. The number of para-hydroxylation sites is 1. The maximum Gasteiger partial charge on any atom is 0.178 e. The Bertz CT molecular complexity index is 661. The summed E-state index contributed by atoms with van der Waals surface area (Å²) in [6.45, 7) is 2.45. The summed E-state index contributed by atoms with van der Waals surface area (Å²) in [5.41, 5.74) is 2.85. The van der Waals surface area contributed by atoms with Gasteiger partial charge in [0.05, 0.1) is 5.52 Å². The van der Waals surface area contributed by atoms with Gasteiger partial charge in [0, 0.05) is 6.20 Å². The molecule has 0 aliphatic carbocycles. The Labute approximate surface area is 105 Å². The third-order valence-corrected chi connectivity index (χ3v) is 2.77. The molecule has 0 saturated heterocycles. The average Bonchev–Trinajstić information content (AvgIpc) is 2.82. The number of benzene rings is 1. The molecule has 0 unspecified atom stereocenters. The van der Waals surface area contributed by atoms with Crippen LogP contribution >= 0.6 is 0 Å². The number of hydrogen-bond acceptors (Lipinski definition) is 3. The summed E-state index contributed by atoms with van der Waals surface area (Å²) >= 11 is 0. The number of rotatable bonds is 3. The van der Waals surface area contributed by atoms with E-state index < -0.39 is 0 Å². The fourth-order valence-corrected chi connectivity index (χ4v) is 1.82. The van der Waals surface area contributed by atoms with Crippen molar-refractivity contribution in [2.75, 3.05) is 0 Å². The molecule has 90 valence electrons. The molecular weight excluding hydrogens is 226 g/mol. The predicted octanol–water partition coefficient (Wildman–Crippen LogP) is 2.85. The van der Waals surface area contributed by atoms with Gasteiger partial charge in [-0.3, -0.25) is 0 Å². The summed E-state index contributed by atoms with van der Waals surface area (Å²) < 4.78 is 5.64. The molecule has 0 aliphatic rings. The van der Waals surface area contributed by atoms with E-state index in [2.05, 4.69) is 15.0 Å². The minimum atomic E-state index is 0.416. The van der Waals surface area contributed by atoms with Gasteiger partial charge >= 0.3 is 0 Å². The number of hydrogen-bond donors (Lipinski definition) is 1. The number of aryl methyl sites for hydroxylation is 1. The van der Waals surface area contributed by atoms with Crippen LogP contribution in [0.2, 0.25) is 0 Å². The highest BCUT2D eigenvalue weighted by atomic mass is 16.5. The minimum absolute atomic E-state index is 0.416. The van der Waals surface area contributed by atoms with Crippen molar-refractivity contribution in [2.24, 2.45) is 0 Å². The van der Waals surface area contributed by atoms with E-state index in [1.54, 1.807) is 6.20 Å². The fourth-order valence-electron chi connectivity index (χ4n) is 1.82. The molecule has 4 heteroatoms. The van der Waals surface area contributed by atoms with E-state index in [0.29, 0.717) is 6.61 Å². The van der Waals surface area contributed by atoms with E-state index in [0.717, 1.165) is 28.3 Å². The molecule has 3 rings (SSSR count). The number of H-pyrrole nitrogens is 1. The second-order valence-corrected chi connectivity index (χ2v) is 4.11. The largest absolute Gasteiger partial charge is 0.486 e. The zero-order valence-electron chi connectivity index (χ0n) is 10.1. The first-order valence-electron chi connectivity index (χ1n) is 5.81. The number of aromatic amines is 1. The first kappa shape index (κ1) is 10.8. The van der Waals surface area contributed by atoms with Crippen molar-refractivity contribution < 1.29 is 4.74 Å². The third-order valence-electron chi connectivity index (χ3n) is 2.77. The van der Waals surface area contributed by atoms with Crippen LogP contribution in [-0.4, -0.2) is 15.0 Å². The Balaban J connectivity index is 1.81. The molecule has 0 atom stereocenters. The summed E-state index contributed by atoms with van der Waals surface area (Å²) in [7, 11) is 0. The van der Waals surface area contributed by atoms with Gasteiger partial charge in [-0.15, -0.1) is 0 Å². The molecule has 0 radical (unpaired) electrons. The molecule has 0 amide bonds. The summed E-state index contributed by atoms with van der Waals surface area (Å²) in [6, 6.07) is 11.7. The van der Waals surface area contributed by atoms with Gasteiger partial charge < -0.3 is 9.72 Å². The topological polar surface area (TPSA) is 50.8 Å². The summed E-state index contributed by atoms with van der Waals surface area (Å²) in [5.74, 6) is 1.62. The number of nitrogens with one attached hydrogen (secondary N) is 1. The maximum atomic E-state index is 5.64. The van der Waals surface area contributed by atoms with Crippen LogP contribution in [0.25, 0.3) is 11.2 Å². The monoisotopic (exact) mass is 239 g/mol. The van der Waals surface area contributed by atoms with Crippen LogP contribution in [-0.2, 0) is 6.61 Å². The maximum absolute atomic E-state index is 5.64. The van der Waals surface area contributed by atoms with E-state index in [1.165, 1.54) is 0 Å². The highest BCUT2D eigenvalue weighted by Crippen LogP contribution is 2.15. The van der Waals surface area contributed by atoms with Gasteiger partial charge in [0.25, 0.3) is 0 Å². The molecule has 3 aromatic rings. The van der Waals surface area contributed by atoms with Gasteiger partial charge in [-0.25, -0.2) is 9.97 Å². The number of ether oxygens (including phenoxy) is 1. The number of nitrogens with zero attached hydrogens (tertiary/aromatic N) is 2. The second-order valence-electron chi connectivity index (χ2n) is 4.11. The van der Waals surface area contributed by atoms with E-state index >= 15 is 0 Å². The van der Waals surface area contributed by atoms with Gasteiger partial charge in [0.1, 0.15) is 18.2 Å². The van der Waals surface area contributed by atoms with E-state index in [1.807, 2.05) is 43.3 Å². The first-order chi connectivity index (χ1) is 8.83. The molecule has 0 fully saturated rings. The highest BCUT2D eigenvalue weighted by Gasteiger charge is 2.06. The number of imidazole rings is 1. The van der Waals surface area contributed by atoms with Crippen LogP contribution in [0, 0.1) is 6.92 Å². The Kier molecular flexibility index (Phi) is 2.68. The Morgan fingerprint density at radius 3 is 2.78 bits per heavy atom. The van der Waals surface area contributed by atoms with Crippen LogP contribution in [0.4, 0.5) is 0 Å². The molecule has 2 heterocycles. The normalized spacial score (nSPS) is 10.7. The number of pyridine rings is 1. The van der Waals surface area contributed by atoms with Crippen molar-refractivity contribution in [2.45, 2.75) is 13.5 Å². The van der Waals surface area contributed by atoms with Crippen molar-refractivity contribution in [3.8, 4) is 5.75 Å². The van der Waals surface area contributed by atoms with Gasteiger partial charge in [0.2, 0.25) is 0 Å². The summed E-state index contributed by atoms with van der Waals surface area (Å²) in [5, 5.41) is 0. The lowest BCUT2D eigenvalue weighted by Crippen LogP contribution is -1.97. The average molecular weight is 239 g/mol. The van der Waals surface area contributed by atoms with Crippen molar-refractivity contribution in [3.05, 3.63) is 54.0 Å². The lowest BCUT2D eigenvalue weighted by atomic mass is 10.3. The van der Waals surface area contributed by atoms with Crippen LogP contribution in [0.15, 0.2) is 42.6 Å². The minimum Gasteiger partial charge on any atom is -0.486 e. The quantitative estimate of drug-likeness (QED) is 0.764. The molecule has 18 heavy (non-hydrogen) atoms. The molecular formula is C14H13N3O. The lowest BCUT2D eigenvalue weighted by molar-refractivity contribution is 0.297. The summed E-state index contributed by atoms with van der Waals surface area (Å²) in [6.07, 6.45) is 1.76. The third kappa shape index (κ3) is 2.05. The summed E-state index contributed by atoms with van der Waals surface area (Å²) in [4.78, 5) is 11.9. The van der Waals surface area contributed by atoms with Crippen LogP contribution in [0.1, 0.15) is 11.4 Å². The molecule has 2 aromatic heterocycles. The van der Waals surface area contributed by atoms with Gasteiger partial charge in [-0.2, -0.15) is 0 Å². The molecule has 1 N–H and O–H groups in total. The molecule has 0 saturated carbocycles. The smallest absolute Gasteiger partial charge is 0.178 e. The zero-order valence-corrected chi connectivity index (χ0v) is 10.1. The van der Waals surface area contributed by atoms with Crippen molar-refractivity contribution in [1.82, 2.24) is 15.0 Å². The van der Waals surface area contributed by atoms with E-state index in [-0.39, 0.29) is 0 Å². The van der Waals surface area contributed by atoms with Crippen molar-refractivity contribution >= 4 is 11.2 Å². The van der Waals surface area contributed by atoms with Crippen LogP contribution < -0.4 is 4.74 Å². The Morgan fingerprint density at radius 2 is 2.00 bits per heavy atom. The second kappa shape index (κ2) is 4.49. The number of fused-ring (bicyclic) bond motifs is 1. The molecule has 4 nitrogen and oxygen atoms in total. The van der Waals surface area contributed by atoms with Gasteiger partial charge in [-0.05, 0) is 30.7 Å². The van der Waals surface area contributed by atoms with Crippen LogP contribution in [0.5, 0.6) is 5.75 Å². The van der Waals surface area contributed by atoms with Crippen molar-refractivity contribution in [3.63, 3.8) is 0 Å². The zero-order chi connectivity index (χ0) is 12.4. The van der Waals surface area contributed by atoms with Gasteiger partial charge in [-0.1, -0.05) is 18.2 Å². The number of aromatic nitrogens is 3. The Hall–Kier alpha value is -2.36. The molecule has 0 aliphatic heterocycles. The molecule has 1 aromatic carbocycles. The highest BCUT2D eigenvalue weighted by molar-refractivity contribution is 5.74. The lowest BCUT2D eigenvalue weighted by Gasteiger charge is -2.02. The Morgan fingerprint density at radius 1 is 1.17 bits per heavy atom. The first-order valence-corrected chi connectivity index (χ1v) is 5.81. The van der Waals surface area contributed by atoms with E-state index in [9.17, 15) is 0 Å². The van der Waals surface area contributed by atoms with E-state index in [4.69, 9.17) is 4.74 Å². The van der Waals surface area contributed by atoms with Gasteiger partial charge in [0.15, 0.2) is 5.65 Å². The standard InChI is InChI=1S/C14H13N3O/c1-10-7-8-15-14-13(10)16-12(17-14)9-18-11-5-3-2-4-6-11/h2-8H,9H2,1H3,(H,15,16,17). The SMILES string of the molecule is Cc1ccnc2nc(COc3ccccc3)[nH]c12. The van der Waals surface area contributed by atoms with Crippen molar-refractivity contribution in [1.29, 1.82) is 0 Å².